The first kappa shape index (κ1) is 17.5. The normalized spacial score (nSPS) is 19.1. The first-order chi connectivity index (χ1) is 12.6. The zero-order chi connectivity index (χ0) is 18.5. The highest BCUT2D eigenvalue weighted by atomic mass is 16.1. The van der Waals surface area contributed by atoms with Crippen molar-refractivity contribution in [2.75, 3.05) is 5.73 Å². The van der Waals surface area contributed by atoms with Crippen LogP contribution in [-0.4, -0.2) is 22.6 Å². The Labute approximate surface area is 151 Å². The number of nitrogen functional groups attached to an aromatic ring is 1. The monoisotopic (exact) mass is 350 g/mol. The lowest BCUT2D eigenvalue weighted by atomic mass is 9.97. The standard InChI is InChI=1S/C19H20N6O/c1-3-5-13(10-21-2)15-11-23-18(20)17(24-15)19(26)25-14-7-4-6-12-8-9-22-16(12)14/h3-5,7-12,22H,2,6H2,1H3,(H2,20,23)(H,25,26)/p+2. The molecule has 1 amide bonds. The molecular weight excluding hydrogens is 328 g/mol. The van der Waals surface area contributed by atoms with E-state index in [0.717, 1.165) is 23.4 Å². The SMILES string of the molecule is C=[NH+]C=C(C=CC)c1cnc(N)c(C(=O)NC2=C3[NH2+]C=CC3CC=C2)n1. The number of carbonyl (C=O) groups excluding carboxylic acids is 1. The maximum atomic E-state index is 12.8. The van der Waals surface area contributed by atoms with E-state index in [1.807, 2.05) is 42.7 Å². The summed E-state index contributed by atoms with van der Waals surface area (Å²) in [6.45, 7) is 5.47. The highest BCUT2D eigenvalue weighted by Gasteiger charge is 2.27. The van der Waals surface area contributed by atoms with Gasteiger partial charge >= 0.3 is 0 Å². The summed E-state index contributed by atoms with van der Waals surface area (Å²) in [7, 11) is 0. The van der Waals surface area contributed by atoms with Gasteiger partial charge < -0.3 is 11.1 Å². The minimum atomic E-state index is -0.382. The molecule has 6 N–H and O–H groups in total. The summed E-state index contributed by atoms with van der Waals surface area (Å²) in [5.41, 5.74) is 9.13. The van der Waals surface area contributed by atoms with Crippen molar-refractivity contribution in [2.45, 2.75) is 13.3 Å². The summed E-state index contributed by atoms with van der Waals surface area (Å²) >= 11 is 0. The Hall–Kier alpha value is -3.32. The van der Waals surface area contributed by atoms with Crippen LogP contribution in [0.3, 0.4) is 0 Å². The molecule has 3 rings (SSSR count). The van der Waals surface area contributed by atoms with E-state index in [2.05, 4.69) is 33.1 Å². The van der Waals surface area contributed by atoms with Gasteiger partial charge in [0.15, 0.2) is 17.7 Å². The molecule has 7 heteroatoms. The largest absolute Gasteiger partial charge is 0.382 e. The van der Waals surface area contributed by atoms with Gasteiger partial charge in [-0.05, 0) is 25.5 Å². The third-order valence-electron chi connectivity index (χ3n) is 4.17. The van der Waals surface area contributed by atoms with E-state index in [0.29, 0.717) is 11.6 Å². The van der Waals surface area contributed by atoms with E-state index >= 15 is 0 Å². The number of hydrogen-bond acceptors (Lipinski definition) is 4. The van der Waals surface area contributed by atoms with Gasteiger partial charge in [-0.1, -0.05) is 18.2 Å². The van der Waals surface area contributed by atoms with Gasteiger partial charge in [0.1, 0.15) is 12.4 Å². The van der Waals surface area contributed by atoms with Gasteiger partial charge in [0.05, 0.1) is 35.3 Å². The Kier molecular flexibility index (Phi) is 5.19. The highest BCUT2D eigenvalue weighted by molar-refractivity contribution is 5.98. The van der Waals surface area contributed by atoms with Crippen LogP contribution in [0.4, 0.5) is 5.82 Å². The number of fused-ring (bicyclic) bond motifs is 1. The lowest BCUT2D eigenvalue weighted by Crippen LogP contribution is -2.75. The molecule has 7 nitrogen and oxygen atoms in total. The highest BCUT2D eigenvalue weighted by Crippen LogP contribution is 2.23. The molecule has 1 aromatic heterocycles. The molecule has 1 aromatic rings. The van der Waals surface area contributed by atoms with Gasteiger partial charge in [0, 0.05) is 0 Å². The first-order valence-electron chi connectivity index (χ1n) is 8.36. The van der Waals surface area contributed by atoms with Crippen molar-refractivity contribution in [1.82, 2.24) is 15.3 Å². The predicted octanol–water partition coefficient (Wildman–Crippen LogP) is -0.635. The van der Waals surface area contributed by atoms with Gasteiger partial charge in [-0.3, -0.25) is 10.1 Å². The molecule has 1 aliphatic carbocycles. The Morgan fingerprint density at radius 3 is 3.15 bits per heavy atom. The summed E-state index contributed by atoms with van der Waals surface area (Å²) in [5, 5.41) is 4.93. The van der Waals surface area contributed by atoms with Gasteiger partial charge in [-0.25, -0.2) is 15.0 Å². The molecule has 0 aromatic carbocycles. The molecule has 0 saturated carbocycles. The number of nitrogens with two attached hydrogens (primary N) is 2. The second-order valence-electron chi connectivity index (χ2n) is 5.91. The second-order valence-corrected chi connectivity index (χ2v) is 5.91. The van der Waals surface area contributed by atoms with Crippen molar-refractivity contribution in [3.63, 3.8) is 0 Å². The summed E-state index contributed by atoms with van der Waals surface area (Å²) in [5.74, 6) is 0.0221. The van der Waals surface area contributed by atoms with Crippen LogP contribution in [0.25, 0.3) is 5.57 Å². The van der Waals surface area contributed by atoms with E-state index in [1.165, 1.54) is 6.20 Å². The number of nitrogens with zero attached hydrogens (tertiary/aromatic N) is 2. The summed E-state index contributed by atoms with van der Waals surface area (Å²) in [6, 6.07) is 0. The number of amides is 1. The molecule has 132 valence electrons. The predicted molar refractivity (Wildman–Crippen MR) is 100 cm³/mol. The van der Waals surface area contributed by atoms with Crippen LogP contribution >= 0.6 is 0 Å². The molecule has 1 unspecified atom stereocenters. The van der Waals surface area contributed by atoms with Crippen molar-refractivity contribution in [1.29, 1.82) is 0 Å². The Balaban J connectivity index is 1.90. The number of hydrogen-bond donors (Lipinski definition) is 4. The summed E-state index contributed by atoms with van der Waals surface area (Å²) in [4.78, 5) is 24.0. The van der Waals surface area contributed by atoms with Crippen LogP contribution in [-0.2, 0) is 0 Å². The maximum absolute atomic E-state index is 12.8. The van der Waals surface area contributed by atoms with Crippen molar-refractivity contribution in [2.24, 2.45) is 5.92 Å². The lowest BCUT2D eigenvalue weighted by Gasteiger charge is -2.15. The molecule has 0 bridgehead atoms. The first-order valence-corrected chi connectivity index (χ1v) is 8.36. The van der Waals surface area contributed by atoms with Crippen LogP contribution in [0.1, 0.15) is 29.5 Å². The molecule has 2 heterocycles. The third kappa shape index (κ3) is 3.52. The van der Waals surface area contributed by atoms with Crippen LogP contribution < -0.4 is 21.4 Å². The molecule has 0 fully saturated rings. The number of aromatic nitrogens is 2. The fourth-order valence-electron chi connectivity index (χ4n) is 2.94. The van der Waals surface area contributed by atoms with Gasteiger partial charge in [-0.15, -0.1) is 0 Å². The van der Waals surface area contributed by atoms with Crippen molar-refractivity contribution < 1.29 is 15.1 Å². The fourth-order valence-corrected chi connectivity index (χ4v) is 2.94. The van der Waals surface area contributed by atoms with Crippen LogP contribution in [0.5, 0.6) is 0 Å². The van der Waals surface area contributed by atoms with E-state index in [9.17, 15) is 4.79 Å². The minimum absolute atomic E-state index is 0.0872. The number of allylic oxidation sites excluding steroid dienone is 6. The van der Waals surface area contributed by atoms with Crippen molar-refractivity contribution >= 4 is 24.0 Å². The Morgan fingerprint density at radius 2 is 2.38 bits per heavy atom. The molecule has 2 aliphatic rings. The van der Waals surface area contributed by atoms with Crippen LogP contribution in [0.2, 0.25) is 0 Å². The van der Waals surface area contributed by atoms with Gasteiger partial charge in [-0.2, -0.15) is 0 Å². The molecule has 26 heavy (non-hydrogen) atoms. The van der Waals surface area contributed by atoms with Crippen molar-refractivity contribution in [3.8, 4) is 0 Å². The van der Waals surface area contributed by atoms with E-state index in [1.54, 1.807) is 6.20 Å². The molecule has 1 aliphatic heterocycles. The summed E-state index contributed by atoms with van der Waals surface area (Å²) in [6.07, 6.45) is 16.0. The molecule has 0 spiro atoms. The van der Waals surface area contributed by atoms with E-state index in [4.69, 9.17) is 5.73 Å². The molecule has 0 radical (unpaired) electrons. The average Bonchev–Trinajstić information content (AvgIpc) is 3.12. The van der Waals surface area contributed by atoms with E-state index in [-0.39, 0.29) is 17.4 Å². The second kappa shape index (κ2) is 7.71. The number of rotatable bonds is 5. The number of quaternary nitrogens is 1. The smallest absolute Gasteiger partial charge is 0.278 e. The average molecular weight is 350 g/mol. The molecular formula is C19H22N6O+2. The zero-order valence-corrected chi connectivity index (χ0v) is 14.6. The molecule has 1 atom stereocenters. The summed E-state index contributed by atoms with van der Waals surface area (Å²) < 4.78 is 0. The zero-order valence-electron chi connectivity index (χ0n) is 14.6. The third-order valence-corrected chi connectivity index (χ3v) is 4.17. The maximum Gasteiger partial charge on any atom is 0.278 e. The van der Waals surface area contributed by atoms with Crippen LogP contribution in [0, 0.1) is 5.92 Å². The number of anilines is 1. The fraction of sp³-hybridized carbons (Fsp3) is 0.158. The number of carbonyl (C=O) groups is 1. The number of nitrogens with one attached hydrogen (secondary N) is 2. The van der Waals surface area contributed by atoms with E-state index < -0.39 is 0 Å². The van der Waals surface area contributed by atoms with Crippen LogP contribution in [0.15, 0.2) is 60.4 Å². The topological polar surface area (TPSA) is 111 Å². The lowest BCUT2D eigenvalue weighted by molar-refractivity contribution is -0.533. The van der Waals surface area contributed by atoms with Crippen molar-refractivity contribution in [3.05, 3.63) is 71.8 Å². The van der Waals surface area contributed by atoms with Gasteiger partial charge in [0.25, 0.3) is 5.91 Å². The molecule has 0 saturated heterocycles. The Morgan fingerprint density at radius 1 is 1.54 bits per heavy atom. The quantitative estimate of drug-likeness (QED) is 0.418. The Bertz CT molecular complexity index is 891. The van der Waals surface area contributed by atoms with Gasteiger partial charge in [0.2, 0.25) is 0 Å². The minimum Gasteiger partial charge on any atom is -0.382 e.